The third kappa shape index (κ3) is 6.50. The minimum Gasteiger partial charge on any atom is -0.493 e. The summed E-state index contributed by atoms with van der Waals surface area (Å²) in [5.74, 6) is 1.10. The molecule has 5 heteroatoms. The molecule has 0 unspecified atom stereocenters. The third-order valence-corrected chi connectivity index (χ3v) is 5.19. The average Bonchev–Trinajstić information content (AvgIpc) is 2.79. The number of anilines is 1. The summed E-state index contributed by atoms with van der Waals surface area (Å²) >= 11 is 6.18. The summed E-state index contributed by atoms with van der Waals surface area (Å²) in [6, 6.07) is 20.7. The van der Waals surface area contributed by atoms with Crippen LogP contribution in [0, 0.1) is 0 Å². The van der Waals surface area contributed by atoms with E-state index in [9.17, 15) is 4.79 Å². The fourth-order valence-corrected chi connectivity index (χ4v) is 3.38. The van der Waals surface area contributed by atoms with E-state index in [0.29, 0.717) is 28.7 Å². The molecule has 1 amide bonds. The highest BCUT2D eigenvalue weighted by molar-refractivity contribution is 6.32. The Morgan fingerprint density at radius 1 is 0.935 bits per heavy atom. The Bertz CT molecular complexity index is 1000. The average molecular weight is 438 g/mol. The Balaban J connectivity index is 1.72. The Morgan fingerprint density at radius 3 is 2.42 bits per heavy atom. The van der Waals surface area contributed by atoms with Gasteiger partial charge in [0.2, 0.25) is 0 Å². The van der Waals surface area contributed by atoms with Crippen LogP contribution in [0.3, 0.4) is 0 Å². The molecule has 31 heavy (non-hydrogen) atoms. The lowest BCUT2D eigenvalue weighted by atomic mass is 10.1. The van der Waals surface area contributed by atoms with Gasteiger partial charge in [-0.05, 0) is 67.8 Å². The number of amides is 1. The second kappa shape index (κ2) is 11.4. The standard InChI is InChI=1S/C26H28ClNO3/c1-3-5-8-19-11-14-22(15-12-19)28-26(29)20-13-16-24(30-4-2)21(17-20)18-31-25-10-7-6-9-23(25)27/h6-7,9-17H,3-5,8,18H2,1-2H3,(H,28,29). The van der Waals surface area contributed by atoms with Crippen LogP contribution in [0.25, 0.3) is 0 Å². The van der Waals surface area contributed by atoms with Gasteiger partial charge in [0.1, 0.15) is 18.1 Å². The fourth-order valence-electron chi connectivity index (χ4n) is 3.19. The van der Waals surface area contributed by atoms with Crippen molar-refractivity contribution in [2.24, 2.45) is 0 Å². The van der Waals surface area contributed by atoms with Crippen molar-refractivity contribution in [3.63, 3.8) is 0 Å². The van der Waals surface area contributed by atoms with Gasteiger partial charge in [-0.25, -0.2) is 0 Å². The summed E-state index contributed by atoms with van der Waals surface area (Å²) in [5.41, 5.74) is 3.37. The van der Waals surface area contributed by atoms with E-state index in [2.05, 4.69) is 24.4 Å². The van der Waals surface area contributed by atoms with Gasteiger partial charge in [-0.15, -0.1) is 0 Å². The Kier molecular flexibility index (Phi) is 8.36. The summed E-state index contributed by atoms with van der Waals surface area (Å²) in [4.78, 5) is 12.8. The maximum absolute atomic E-state index is 12.8. The topological polar surface area (TPSA) is 47.6 Å². The van der Waals surface area contributed by atoms with E-state index in [1.165, 1.54) is 12.0 Å². The zero-order valence-corrected chi connectivity index (χ0v) is 18.7. The van der Waals surface area contributed by atoms with Crippen molar-refractivity contribution in [1.82, 2.24) is 0 Å². The molecule has 0 atom stereocenters. The number of carbonyl (C=O) groups excluding carboxylic acids is 1. The van der Waals surface area contributed by atoms with Crippen molar-refractivity contribution < 1.29 is 14.3 Å². The van der Waals surface area contributed by atoms with E-state index in [1.54, 1.807) is 24.3 Å². The quantitative estimate of drug-likeness (QED) is 0.374. The van der Waals surface area contributed by atoms with Crippen LogP contribution in [0.2, 0.25) is 5.02 Å². The first kappa shape index (κ1) is 22.7. The molecule has 0 radical (unpaired) electrons. The number of hydrogen-bond donors (Lipinski definition) is 1. The van der Waals surface area contributed by atoms with Crippen molar-refractivity contribution in [1.29, 1.82) is 0 Å². The van der Waals surface area contributed by atoms with Crippen LogP contribution < -0.4 is 14.8 Å². The molecule has 162 valence electrons. The van der Waals surface area contributed by atoms with Crippen LogP contribution in [0.5, 0.6) is 11.5 Å². The van der Waals surface area contributed by atoms with Crippen molar-refractivity contribution in [2.45, 2.75) is 39.7 Å². The van der Waals surface area contributed by atoms with Gasteiger partial charge in [-0.3, -0.25) is 4.79 Å². The monoisotopic (exact) mass is 437 g/mol. The number of carbonyl (C=O) groups is 1. The van der Waals surface area contributed by atoms with Gasteiger partial charge in [0.25, 0.3) is 5.91 Å². The highest BCUT2D eigenvalue weighted by Gasteiger charge is 2.12. The number of hydrogen-bond acceptors (Lipinski definition) is 3. The number of halogens is 1. The van der Waals surface area contributed by atoms with Crippen molar-refractivity contribution in [3.05, 3.63) is 88.4 Å². The summed E-state index contributed by atoms with van der Waals surface area (Å²) < 4.78 is 11.6. The molecule has 0 bridgehead atoms. The maximum atomic E-state index is 12.8. The lowest BCUT2D eigenvalue weighted by Gasteiger charge is -2.14. The maximum Gasteiger partial charge on any atom is 0.255 e. The van der Waals surface area contributed by atoms with Gasteiger partial charge >= 0.3 is 0 Å². The minimum atomic E-state index is -0.177. The number of benzene rings is 3. The number of aryl methyl sites for hydroxylation is 1. The largest absolute Gasteiger partial charge is 0.493 e. The molecule has 3 aromatic rings. The molecule has 0 spiro atoms. The van der Waals surface area contributed by atoms with Gasteiger partial charge in [-0.1, -0.05) is 49.2 Å². The molecule has 0 aromatic heterocycles. The van der Waals surface area contributed by atoms with Crippen LogP contribution in [-0.4, -0.2) is 12.5 Å². The van der Waals surface area contributed by atoms with E-state index in [0.717, 1.165) is 24.1 Å². The van der Waals surface area contributed by atoms with E-state index in [4.69, 9.17) is 21.1 Å². The normalized spacial score (nSPS) is 10.5. The molecule has 0 aliphatic carbocycles. The van der Waals surface area contributed by atoms with E-state index >= 15 is 0 Å². The van der Waals surface area contributed by atoms with Gasteiger partial charge in [-0.2, -0.15) is 0 Å². The summed E-state index contributed by atoms with van der Waals surface area (Å²) in [6.07, 6.45) is 3.38. The van der Waals surface area contributed by atoms with Gasteiger partial charge in [0.05, 0.1) is 11.6 Å². The Labute approximate surface area is 189 Å². The molecule has 0 saturated carbocycles. The van der Waals surface area contributed by atoms with Crippen LogP contribution in [0.15, 0.2) is 66.7 Å². The van der Waals surface area contributed by atoms with E-state index in [1.807, 2.05) is 37.3 Å². The fraction of sp³-hybridized carbons (Fsp3) is 0.269. The predicted molar refractivity (Wildman–Crippen MR) is 126 cm³/mol. The number of nitrogens with one attached hydrogen (secondary N) is 1. The third-order valence-electron chi connectivity index (χ3n) is 4.87. The highest BCUT2D eigenvalue weighted by Crippen LogP contribution is 2.27. The number of para-hydroxylation sites is 1. The molecule has 1 N–H and O–H groups in total. The summed E-state index contributed by atoms with van der Waals surface area (Å²) in [6.45, 7) is 4.87. The molecular formula is C26H28ClNO3. The molecule has 0 aliphatic heterocycles. The first-order valence-electron chi connectivity index (χ1n) is 10.6. The first-order chi connectivity index (χ1) is 15.1. The molecular weight excluding hydrogens is 410 g/mol. The minimum absolute atomic E-state index is 0.177. The SMILES string of the molecule is CCCCc1ccc(NC(=O)c2ccc(OCC)c(COc3ccccc3Cl)c2)cc1. The molecule has 0 saturated heterocycles. The molecule has 0 heterocycles. The van der Waals surface area contributed by atoms with E-state index in [-0.39, 0.29) is 12.5 Å². The zero-order valence-electron chi connectivity index (χ0n) is 18.0. The van der Waals surface area contributed by atoms with Crippen molar-refractivity contribution in [2.75, 3.05) is 11.9 Å². The van der Waals surface area contributed by atoms with E-state index < -0.39 is 0 Å². The lowest BCUT2D eigenvalue weighted by Crippen LogP contribution is -2.13. The number of ether oxygens (including phenoxy) is 2. The predicted octanol–water partition coefficient (Wildman–Crippen LogP) is 6.91. The molecule has 3 aromatic carbocycles. The van der Waals surface area contributed by atoms with Gasteiger partial charge in [0.15, 0.2) is 0 Å². The van der Waals surface area contributed by atoms with Gasteiger partial charge < -0.3 is 14.8 Å². The number of unbranched alkanes of at least 4 members (excludes halogenated alkanes) is 1. The molecule has 4 nitrogen and oxygen atoms in total. The lowest BCUT2D eigenvalue weighted by molar-refractivity contribution is 0.102. The Hall–Kier alpha value is -2.98. The summed E-state index contributed by atoms with van der Waals surface area (Å²) in [5, 5.41) is 3.50. The molecule has 0 fully saturated rings. The smallest absolute Gasteiger partial charge is 0.255 e. The van der Waals surface area contributed by atoms with Crippen LogP contribution in [0.4, 0.5) is 5.69 Å². The second-order valence-electron chi connectivity index (χ2n) is 7.23. The van der Waals surface area contributed by atoms with Crippen LogP contribution in [0.1, 0.15) is 48.2 Å². The second-order valence-corrected chi connectivity index (χ2v) is 7.64. The Morgan fingerprint density at radius 2 is 1.71 bits per heavy atom. The van der Waals surface area contributed by atoms with Crippen molar-refractivity contribution >= 4 is 23.2 Å². The van der Waals surface area contributed by atoms with Crippen LogP contribution in [-0.2, 0) is 13.0 Å². The van der Waals surface area contributed by atoms with Crippen molar-refractivity contribution in [3.8, 4) is 11.5 Å². The first-order valence-corrected chi connectivity index (χ1v) is 11.0. The van der Waals surface area contributed by atoms with Gasteiger partial charge in [0, 0.05) is 16.8 Å². The molecule has 3 rings (SSSR count). The molecule has 0 aliphatic rings. The zero-order chi connectivity index (χ0) is 22.1. The number of rotatable bonds is 10. The highest BCUT2D eigenvalue weighted by atomic mass is 35.5. The summed E-state index contributed by atoms with van der Waals surface area (Å²) in [7, 11) is 0. The van der Waals surface area contributed by atoms with Crippen LogP contribution >= 0.6 is 11.6 Å².